The molecule has 0 aliphatic carbocycles. The second-order valence-electron chi connectivity index (χ2n) is 4.99. The Morgan fingerprint density at radius 1 is 1.18 bits per heavy atom. The minimum absolute atomic E-state index is 0.193. The summed E-state index contributed by atoms with van der Waals surface area (Å²) in [6, 6.07) is 4.81. The molecule has 17 heavy (non-hydrogen) atoms. The second-order valence-corrected chi connectivity index (χ2v) is 10.6. The number of hydrogen-bond acceptors (Lipinski definition) is 4. The van der Waals surface area contributed by atoms with Crippen molar-refractivity contribution in [3.63, 3.8) is 0 Å². The average Bonchev–Trinajstić information content (AvgIpc) is 2.28. The molecule has 0 spiro atoms. The summed E-state index contributed by atoms with van der Waals surface area (Å²) in [4.78, 5) is 3.93. The maximum atomic E-state index is 5.36. The standard InChI is InChI=1S/C12H21NO3Si/c1-17(2,3)8-7-14-10-15-11-16-12-5-4-6-13-9-12/h4-6,9H,7-8,10-11H2,1-3H3. The highest BCUT2D eigenvalue weighted by Crippen LogP contribution is 2.08. The van der Waals surface area contributed by atoms with Gasteiger partial charge in [0.05, 0.1) is 6.20 Å². The zero-order valence-electron chi connectivity index (χ0n) is 10.8. The van der Waals surface area contributed by atoms with Crippen LogP contribution in [0.25, 0.3) is 0 Å². The van der Waals surface area contributed by atoms with Crippen molar-refractivity contribution < 1.29 is 14.2 Å². The van der Waals surface area contributed by atoms with Gasteiger partial charge in [0.1, 0.15) is 5.75 Å². The van der Waals surface area contributed by atoms with Crippen LogP contribution < -0.4 is 4.74 Å². The summed E-state index contributed by atoms with van der Waals surface area (Å²) >= 11 is 0. The van der Waals surface area contributed by atoms with Crippen molar-refractivity contribution in [1.29, 1.82) is 0 Å². The fourth-order valence-electron chi connectivity index (χ4n) is 1.07. The van der Waals surface area contributed by atoms with Crippen molar-refractivity contribution in [2.45, 2.75) is 25.7 Å². The van der Waals surface area contributed by atoms with Crippen LogP contribution in [0.4, 0.5) is 0 Å². The van der Waals surface area contributed by atoms with E-state index in [0.717, 1.165) is 12.7 Å². The SMILES string of the molecule is C[Si](C)(C)CCOCOCOc1cccnc1. The van der Waals surface area contributed by atoms with E-state index in [1.165, 1.54) is 0 Å². The quantitative estimate of drug-likeness (QED) is 0.407. The molecule has 0 saturated heterocycles. The third kappa shape index (κ3) is 7.90. The molecule has 0 unspecified atom stereocenters. The first kappa shape index (κ1) is 14.1. The van der Waals surface area contributed by atoms with Gasteiger partial charge in [0, 0.05) is 20.9 Å². The van der Waals surface area contributed by atoms with Gasteiger partial charge < -0.3 is 14.2 Å². The molecule has 0 aromatic carbocycles. The number of nitrogens with zero attached hydrogens (tertiary/aromatic N) is 1. The van der Waals surface area contributed by atoms with E-state index in [2.05, 4.69) is 24.6 Å². The van der Waals surface area contributed by atoms with E-state index in [9.17, 15) is 0 Å². The van der Waals surface area contributed by atoms with E-state index < -0.39 is 8.07 Å². The summed E-state index contributed by atoms with van der Waals surface area (Å²) in [5, 5.41) is 0. The molecule has 0 saturated carbocycles. The highest BCUT2D eigenvalue weighted by Gasteiger charge is 2.11. The molecule has 1 heterocycles. The monoisotopic (exact) mass is 255 g/mol. The molecule has 1 aromatic rings. The maximum Gasteiger partial charge on any atom is 0.191 e. The van der Waals surface area contributed by atoms with Crippen molar-refractivity contribution in [3.8, 4) is 5.75 Å². The summed E-state index contributed by atoms with van der Waals surface area (Å²) in [6.45, 7) is 8.21. The van der Waals surface area contributed by atoms with Crippen LogP contribution in [0.15, 0.2) is 24.5 Å². The van der Waals surface area contributed by atoms with Crippen LogP contribution in [0.2, 0.25) is 25.7 Å². The maximum absolute atomic E-state index is 5.36. The van der Waals surface area contributed by atoms with Crippen LogP contribution in [0.5, 0.6) is 5.75 Å². The summed E-state index contributed by atoms with van der Waals surface area (Å²) in [5.74, 6) is 0.703. The van der Waals surface area contributed by atoms with Crippen molar-refractivity contribution in [1.82, 2.24) is 4.98 Å². The van der Waals surface area contributed by atoms with Gasteiger partial charge in [-0.3, -0.25) is 4.98 Å². The first-order valence-electron chi connectivity index (χ1n) is 5.76. The average molecular weight is 255 g/mol. The molecule has 0 amide bonds. The number of ether oxygens (including phenoxy) is 3. The minimum Gasteiger partial charge on any atom is -0.466 e. The first-order chi connectivity index (χ1) is 8.08. The van der Waals surface area contributed by atoms with Crippen LogP contribution in [0, 0.1) is 0 Å². The molecule has 0 radical (unpaired) electrons. The molecule has 1 rings (SSSR count). The molecule has 0 bridgehead atoms. The molecule has 0 aliphatic heterocycles. The zero-order valence-corrected chi connectivity index (χ0v) is 11.8. The van der Waals surface area contributed by atoms with Gasteiger partial charge in [-0.1, -0.05) is 19.6 Å². The number of rotatable bonds is 8. The lowest BCUT2D eigenvalue weighted by Crippen LogP contribution is -2.22. The Labute approximate surface area is 104 Å². The van der Waals surface area contributed by atoms with Gasteiger partial charge in [0.2, 0.25) is 0 Å². The Hall–Kier alpha value is -0.913. The summed E-state index contributed by atoms with van der Waals surface area (Å²) in [5.41, 5.74) is 0. The molecule has 1 aromatic heterocycles. The van der Waals surface area contributed by atoms with Gasteiger partial charge in [0.15, 0.2) is 13.6 Å². The van der Waals surface area contributed by atoms with Crippen molar-refractivity contribution in [2.24, 2.45) is 0 Å². The second kappa shape index (κ2) is 7.42. The van der Waals surface area contributed by atoms with Gasteiger partial charge in [-0.25, -0.2) is 0 Å². The molecule has 0 aliphatic rings. The molecule has 0 fully saturated rings. The Morgan fingerprint density at radius 3 is 2.65 bits per heavy atom. The van der Waals surface area contributed by atoms with E-state index in [4.69, 9.17) is 14.2 Å². The fraction of sp³-hybridized carbons (Fsp3) is 0.583. The molecular formula is C12H21NO3Si. The Morgan fingerprint density at radius 2 is 2.00 bits per heavy atom. The highest BCUT2D eigenvalue weighted by atomic mass is 28.3. The largest absolute Gasteiger partial charge is 0.466 e. The predicted molar refractivity (Wildman–Crippen MR) is 69.8 cm³/mol. The minimum atomic E-state index is -0.998. The molecule has 0 N–H and O–H groups in total. The molecular weight excluding hydrogens is 234 g/mol. The Balaban J connectivity index is 1.95. The first-order valence-corrected chi connectivity index (χ1v) is 9.47. The Bertz CT molecular complexity index is 300. The lowest BCUT2D eigenvalue weighted by molar-refractivity contribution is -0.0961. The van der Waals surface area contributed by atoms with Crippen LogP contribution in [-0.4, -0.2) is 33.3 Å². The predicted octanol–water partition coefficient (Wildman–Crippen LogP) is 2.75. The summed E-state index contributed by atoms with van der Waals surface area (Å²) in [6.07, 6.45) is 3.35. The summed E-state index contributed by atoms with van der Waals surface area (Å²) < 4.78 is 15.9. The molecule has 4 nitrogen and oxygen atoms in total. The number of aromatic nitrogens is 1. The third-order valence-electron chi connectivity index (χ3n) is 2.11. The van der Waals surface area contributed by atoms with E-state index in [-0.39, 0.29) is 13.6 Å². The zero-order chi connectivity index (χ0) is 12.6. The highest BCUT2D eigenvalue weighted by molar-refractivity contribution is 6.76. The number of hydrogen-bond donors (Lipinski definition) is 0. The normalized spacial score (nSPS) is 11.5. The van der Waals surface area contributed by atoms with Crippen LogP contribution in [-0.2, 0) is 9.47 Å². The van der Waals surface area contributed by atoms with Crippen LogP contribution in [0.3, 0.4) is 0 Å². The smallest absolute Gasteiger partial charge is 0.191 e. The Kier molecular flexibility index (Phi) is 6.18. The lowest BCUT2D eigenvalue weighted by Gasteiger charge is -2.15. The van der Waals surface area contributed by atoms with Gasteiger partial charge in [-0.2, -0.15) is 0 Å². The third-order valence-corrected chi connectivity index (χ3v) is 3.81. The van der Waals surface area contributed by atoms with E-state index in [1.54, 1.807) is 12.4 Å². The lowest BCUT2D eigenvalue weighted by atomic mass is 10.5. The van der Waals surface area contributed by atoms with Crippen molar-refractivity contribution >= 4 is 8.07 Å². The van der Waals surface area contributed by atoms with Gasteiger partial charge >= 0.3 is 0 Å². The van der Waals surface area contributed by atoms with Crippen LogP contribution >= 0.6 is 0 Å². The van der Waals surface area contributed by atoms with Crippen LogP contribution in [0.1, 0.15) is 0 Å². The van der Waals surface area contributed by atoms with Crippen molar-refractivity contribution in [2.75, 3.05) is 20.2 Å². The molecule has 96 valence electrons. The molecule has 0 atom stereocenters. The van der Waals surface area contributed by atoms with Gasteiger partial charge in [-0.15, -0.1) is 0 Å². The fourth-order valence-corrected chi connectivity index (χ4v) is 1.83. The number of pyridine rings is 1. The summed E-state index contributed by atoms with van der Waals surface area (Å²) in [7, 11) is -0.998. The van der Waals surface area contributed by atoms with Gasteiger partial charge in [0.25, 0.3) is 0 Å². The van der Waals surface area contributed by atoms with Gasteiger partial charge in [-0.05, 0) is 18.2 Å². The van der Waals surface area contributed by atoms with E-state index in [1.807, 2.05) is 12.1 Å². The van der Waals surface area contributed by atoms with E-state index in [0.29, 0.717) is 5.75 Å². The van der Waals surface area contributed by atoms with Crippen molar-refractivity contribution in [3.05, 3.63) is 24.5 Å². The topological polar surface area (TPSA) is 40.6 Å². The molecule has 5 heteroatoms. The van der Waals surface area contributed by atoms with E-state index >= 15 is 0 Å².